The van der Waals surface area contributed by atoms with Crippen molar-refractivity contribution >= 4 is 0 Å². The summed E-state index contributed by atoms with van der Waals surface area (Å²) >= 11 is 0. The second-order valence-electron chi connectivity index (χ2n) is 3.40. The van der Waals surface area contributed by atoms with Gasteiger partial charge in [-0.15, -0.1) is 0 Å². The third kappa shape index (κ3) is 1.90. The van der Waals surface area contributed by atoms with Crippen LogP contribution in [0.15, 0.2) is 24.3 Å². The van der Waals surface area contributed by atoms with E-state index >= 15 is 0 Å². The maximum absolute atomic E-state index is 13.2. The molecule has 1 N–H and O–H groups in total. The van der Waals surface area contributed by atoms with Crippen LogP contribution in [0.1, 0.15) is 18.1 Å². The third-order valence-corrected chi connectivity index (χ3v) is 1.95. The first-order valence-corrected chi connectivity index (χ1v) is 4.11. The van der Waals surface area contributed by atoms with Crippen LogP contribution in [0.3, 0.4) is 0 Å². The highest BCUT2D eigenvalue weighted by Crippen LogP contribution is 2.39. The molecule has 0 saturated heterocycles. The molecule has 0 bridgehead atoms. The Hall–Kier alpha value is -1.03. The molecule has 0 aromatic heterocycles. The van der Waals surface area contributed by atoms with Crippen molar-refractivity contribution in [3.8, 4) is 0 Å². The highest BCUT2D eigenvalue weighted by molar-refractivity contribution is 5.27. The topological polar surface area (TPSA) is 20.2 Å². The van der Waals surface area contributed by atoms with E-state index in [9.17, 15) is 13.2 Å². The lowest BCUT2D eigenvalue weighted by Gasteiger charge is -2.25. The Morgan fingerprint density at radius 3 is 2.21 bits per heavy atom. The van der Waals surface area contributed by atoms with Crippen molar-refractivity contribution in [3.63, 3.8) is 0 Å². The van der Waals surface area contributed by atoms with Gasteiger partial charge in [0.1, 0.15) is 0 Å². The van der Waals surface area contributed by atoms with Crippen molar-refractivity contribution in [2.45, 2.75) is 25.6 Å². The number of hydrogen-bond donors (Lipinski definition) is 1. The largest absolute Gasteiger partial charge is 0.357 e. The van der Waals surface area contributed by atoms with Crippen molar-refractivity contribution < 1.29 is 18.3 Å². The number of aliphatic hydroxyl groups is 1. The van der Waals surface area contributed by atoms with Crippen molar-refractivity contribution in [1.29, 1.82) is 0 Å². The molecule has 0 fully saturated rings. The Labute approximate surface area is 80.2 Å². The van der Waals surface area contributed by atoms with Crippen LogP contribution >= 0.6 is 0 Å². The van der Waals surface area contributed by atoms with Gasteiger partial charge in [0.15, 0.2) is 0 Å². The van der Waals surface area contributed by atoms with Crippen LogP contribution in [0.4, 0.5) is 13.2 Å². The minimum Gasteiger partial charge on any atom is -0.357 e. The zero-order chi connectivity index (χ0) is 11.0. The number of hydrogen-bond acceptors (Lipinski definition) is 1. The number of rotatable bonds is 2. The fraction of sp³-hybridized carbons (Fsp3) is 0.400. The summed E-state index contributed by atoms with van der Waals surface area (Å²) in [4.78, 5) is 0. The van der Waals surface area contributed by atoms with Gasteiger partial charge in [0.25, 0.3) is 5.85 Å². The first kappa shape index (κ1) is 11.0. The van der Waals surface area contributed by atoms with E-state index in [1.54, 1.807) is 13.0 Å². The van der Waals surface area contributed by atoms with Crippen LogP contribution in [-0.2, 0) is 5.92 Å². The second-order valence-corrected chi connectivity index (χ2v) is 3.40. The zero-order valence-electron chi connectivity index (χ0n) is 7.89. The van der Waals surface area contributed by atoms with Gasteiger partial charge in [-0.25, -0.2) is 4.39 Å². The lowest BCUT2D eigenvalue weighted by atomic mass is 10.0. The monoisotopic (exact) mass is 204 g/mol. The van der Waals surface area contributed by atoms with Crippen LogP contribution in [0.25, 0.3) is 0 Å². The van der Waals surface area contributed by atoms with Crippen LogP contribution in [0, 0.1) is 6.92 Å². The third-order valence-electron chi connectivity index (χ3n) is 1.95. The Morgan fingerprint density at radius 1 is 1.21 bits per heavy atom. The summed E-state index contributed by atoms with van der Waals surface area (Å²) in [5.41, 5.74) is 0.0661. The molecule has 0 heterocycles. The summed E-state index contributed by atoms with van der Waals surface area (Å²) in [6.45, 7) is 2.06. The fourth-order valence-corrected chi connectivity index (χ4v) is 1.10. The summed E-state index contributed by atoms with van der Waals surface area (Å²) in [7, 11) is 0. The SMILES string of the molecule is Cc1cccc(C(F)(F)C(C)(O)F)c1. The van der Waals surface area contributed by atoms with Crippen molar-refractivity contribution in [2.24, 2.45) is 0 Å². The van der Waals surface area contributed by atoms with Gasteiger partial charge in [0, 0.05) is 12.5 Å². The molecule has 0 radical (unpaired) electrons. The Morgan fingerprint density at radius 2 is 1.79 bits per heavy atom. The molecule has 0 aliphatic heterocycles. The highest BCUT2D eigenvalue weighted by atomic mass is 19.3. The lowest BCUT2D eigenvalue weighted by molar-refractivity contribution is -0.248. The van der Waals surface area contributed by atoms with Crippen molar-refractivity contribution in [1.82, 2.24) is 0 Å². The predicted octanol–water partition coefficient (Wildman–Crippen LogP) is 2.76. The molecule has 1 unspecified atom stereocenters. The van der Waals surface area contributed by atoms with E-state index in [1.165, 1.54) is 6.07 Å². The van der Waals surface area contributed by atoms with Gasteiger partial charge in [-0.05, 0) is 13.0 Å². The smallest absolute Gasteiger partial charge is 0.330 e. The average Bonchev–Trinajstić information content (AvgIpc) is 2.02. The molecule has 0 saturated carbocycles. The van der Waals surface area contributed by atoms with Gasteiger partial charge < -0.3 is 5.11 Å². The summed E-state index contributed by atoms with van der Waals surface area (Å²) in [6, 6.07) is 5.24. The van der Waals surface area contributed by atoms with E-state index in [1.807, 2.05) is 0 Å². The molecule has 0 aliphatic rings. The van der Waals surface area contributed by atoms with E-state index in [0.717, 1.165) is 12.1 Å². The maximum Gasteiger partial charge on any atom is 0.330 e. The molecular weight excluding hydrogens is 193 g/mol. The van der Waals surface area contributed by atoms with Crippen LogP contribution in [-0.4, -0.2) is 11.0 Å². The Balaban J connectivity index is 3.16. The molecule has 1 atom stereocenters. The molecule has 1 aromatic rings. The van der Waals surface area contributed by atoms with E-state index in [4.69, 9.17) is 5.11 Å². The zero-order valence-corrected chi connectivity index (χ0v) is 7.89. The van der Waals surface area contributed by atoms with E-state index < -0.39 is 17.3 Å². The molecule has 0 spiro atoms. The van der Waals surface area contributed by atoms with Gasteiger partial charge in [-0.2, -0.15) is 8.78 Å². The Kier molecular flexibility index (Phi) is 2.58. The fourth-order valence-electron chi connectivity index (χ4n) is 1.10. The summed E-state index contributed by atoms with van der Waals surface area (Å²) in [6.07, 6.45) is 0. The maximum atomic E-state index is 13.2. The summed E-state index contributed by atoms with van der Waals surface area (Å²) in [5.74, 6) is -7.43. The van der Waals surface area contributed by atoms with Gasteiger partial charge in [-0.3, -0.25) is 0 Å². The normalized spacial score (nSPS) is 16.4. The van der Waals surface area contributed by atoms with E-state index in [0.29, 0.717) is 12.5 Å². The minimum atomic E-state index is -3.89. The minimum absolute atomic E-state index is 0.440. The Bertz CT molecular complexity index is 328. The lowest BCUT2D eigenvalue weighted by Crippen LogP contribution is -2.38. The van der Waals surface area contributed by atoms with E-state index in [2.05, 4.69) is 0 Å². The number of aryl methyl sites for hydroxylation is 1. The molecule has 0 aliphatic carbocycles. The molecule has 4 heteroatoms. The van der Waals surface area contributed by atoms with Crippen molar-refractivity contribution in [3.05, 3.63) is 35.4 Å². The van der Waals surface area contributed by atoms with Gasteiger partial charge in [0.2, 0.25) is 0 Å². The van der Waals surface area contributed by atoms with Crippen LogP contribution in [0.5, 0.6) is 0 Å². The van der Waals surface area contributed by atoms with Gasteiger partial charge in [0.05, 0.1) is 0 Å². The predicted molar refractivity (Wildman–Crippen MR) is 46.8 cm³/mol. The van der Waals surface area contributed by atoms with Crippen LogP contribution < -0.4 is 0 Å². The first-order valence-electron chi connectivity index (χ1n) is 4.11. The summed E-state index contributed by atoms with van der Waals surface area (Å²) in [5, 5.41) is 8.67. The molecule has 0 amide bonds. The molecule has 1 nitrogen and oxygen atoms in total. The quantitative estimate of drug-likeness (QED) is 0.785. The number of benzene rings is 1. The molecule has 1 rings (SSSR count). The molecular formula is C10H11F3O. The number of halogens is 3. The van der Waals surface area contributed by atoms with Crippen LogP contribution in [0.2, 0.25) is 0 Å². The standard InChI is InChI=1S/C10H11F3O/c1-7-4-3-5-8(6-7)10(12,13)9(2,11)14/h3-6,14H,1-2H3. The highest BCUT2D eigenvalue weighted by Gasteiger charge is 2.51. The van der Waals surface area contributed by atoms with Gasteiger partial charge in [-0.1, -0.05) is 23.8 Å². The molecule has 1 aromatic carbocycles. The first-order chi connectivity index (χ1) is 6.25. The van der Waals surface area contributed by atoms with E-state index in [-0.39, 0.29) is 0 Å². The number of alkyl halides is 3. The average molecular weight is 204 g/mol. The summed E-state index contributed by atoms with van der Waals surface area (Å²) < 4.78 is 39.2. The van der Waals surface area contributed by atoms with Gasteiger partial charge >= 0.3 is 5.92 Å². The van der Waals surface area contributed by atoms with Crippen molar-refractivity contribution in [2.75, 3.05) is 0 Å². The molecule has 78 valence electrons. The molecule has 14 heavy (non-hydrogen) atoms. The second kappa shape index (κ2) is 3.28.